The topological polar surface area (TPSA) is 72.8 Å². The van der Waals surface area contributed by atoms with Gasteiger partial charge in [-0.2, -0.15) is 0 Å². The zero-order valence-electron chi connectivity index (χ0n) is 21.8. The maximum atomic E-state index is 12.2. The highest BCUT2D eigenvalue weighted by Crippen LogP contribution is 2.19. The first-order valence-corrected chi connectivity index (χ1v) is 14.0. The molecule has 5 heteroatoms. The molecular formula is C30H45NO4. The summed E-state index contributed by atoms with van der Waals surface area (Å²) in [7, 11) is 0. The van der Waals surface area contributed by atoms with Crippen molar-refractivity contribution in [2.75, 3.05) is 6.61 Å². The number of carbonyl (C=O) groups excluding carboxylic acids is 3. The second-order valence-corrected chi connectivity index (χ2v) is 9.82. The van der Waals surface area contributed by atoms with Gasteiger partial charge in [0.1, 0.15) is 17.5 Å². The van der Waals surface area contributed by atoms with E-state index in [1.807, 2.05) is 0 Å². The van der Waals surface area contributed by atoms with Crippen molar-refractivity contribution >= 4 is 29.4 Å². The van der Waals surface area contributed by atoms with Gasteiger partial charge in [0.15, 0.2) is 0 Å². The largest absolute Gasteiger partial charge is 0.462 e. The number of unbranched alkanes of at least 4 members (excludes halogenated alkanes) is 13. The van der Waals surface area contributed by atoms with Gasteiger partial charge in [-0.3, -0.25) is 14.6 Å². The van der Waals surface area contributed by atoms with E-state index in [4.69, 9.17) is 4.74 Å². The number of carbonyl (C=O) groups is 3. The number of nitrogens with zero attached hydrogens (tertiary/aromatic N) is 1. The van der Waals surface area contributed by atoms with E-state index in [0.29, 0.717) is 37.1 Å². The highest BCUT2D eigenvalue weighted by Gasteiger charge is 2.28. The van der Waals surface area contributed by atoms with Crippen molar-refractivity contribution in [1.29, 1.82) is 0 Å². The van der Waals surface area contributed by atoms with Crippen LogP contribution in [0.15, 0.2) is 29.3 Å². The van der Waals surface area contributed by atoms with Crippen LogP contribution in [0.4, 0.5) is 5.69 Å². The van der Waals surface area contributed by atoms with Crippen LogP contribution in [0.2, 0.25) is 0 Å². The number of esters is 1. The van der Waals surface area contributed by atoms with Gasteiger partial charge in [-0.05, 0) is 37.1 Å². The summed E-state index contributed by atoms with van der Waals surface area (Å²) in [5.74, 6) is -1.17. The minimum atomic E-state index is -0.724. The van der Waals surface area contributed by atoms with E-state index in [1.54, 1.807) is 24.3 Å². The SMILES string of the molecule is CCCCCCCCCCCCCCCCOC(=O)c1ccc(N=CC2C(=O)CCCC2=O)cc1. The normalized spacial score (nSPS) is 14.7. The van der Waals surface area contributed by atoms with E-state index in [9.17, 15) is 14.4 Å². The molecule has 1 fully saturated rings. The number of ketones is 2. The number of ether oxygens (including phenoxy) is 1. The van der Waals surface area contributed by atoms with E-state index in [1.165, 1.54) is 83.3 Å². The van der Waals surface area contributed by atoms with E-state index in [2.05, 4.69) is 11.9 Å². The van der Waals surface area contributed by atoms with Gasteiger partial charge in [0.05, 0.1) is 17.9 Å². The lowest BCUT2D eigenvalue weighted by Crippen LogP contribution is -2.29. The van der Waals surface area contributed by atoms with Gasteiger partial charge in [-0.15, -0.1) is 0 Å². The molecule has 0 spiro atoms. The summed E-state index contributed by atoms with van der Waals surface area (Å²) < 4.78 is 5.39. The van der Waals surface area contributed by atoms with Crippen molar-refractivity contribution in [3.8, 4) is 0 Å². The zero-order valence-corrected chi connectivity index (χ0v) is 21.8. The lowest BCUT2D eigenvalue weighted by Gasteiger charge is -2.14. The van der Waals surface area contributed by atoms with Crippen LogP contribution in [-0.2, 0) is 14.3 Å². The summed E-state index contributed by atoms with van der Waals surface area (Å²) in [5, 5.41) is 0. The molecule has 1 aromatic rings. The third-order valence-electron chi connectivity index (χ3n) is 6.75. The Morgan fingerprint density at radius 3 is 1.80 bits per heavy atom. The molecule has 0 amide bonds. The summed E-state index contributed by atoms with van der Waals surface area (Å²) >= 11 is 0. The Morgan fingerprint density at radius 2 is 1.29 bits per heavy atom. The van der Waals surface area contributed by atoms with Crippen LogP contribution in [0.3, 0.4) is 0 Å². The minimum absolute atomic E-state index is 0.0614. The fourth-order valence-electron chi connectivity index (χ4n) is 4.48. The van der Waals surface area contributed by atoms with Crippen LogP contribution in [0.1, 0.15) is 126 Å². The molecule has 0 aromatic heterocycles. The summed E-state index contributed by atoms with van der Waals surface area (Å²) in [4.78, 5) is 40.2. The Bertz CT molecular complexity index is 768. The number of benzene rings is 1. The van der Waals surface area contributed by atoms with Crippen LogP contribution in [0, 0.1) is 5.92 Å². The third-order valence-corrected chi connectivity index (χ3v) is 6.75. The first-order valence-electron chi connectivity index (χ1n) is 14.0. The predicted molar refractivity (Wildman–Crippen MR) is 143 cm³/mol. The van der Waals surface area contributed by atoms with Gasteiger partial charge >= 0.3 is 5.97 Å². The smallest absolute Gasteiger partial charge is 0.338 e. The molecule has 1 aliphatic carbocycles. The van der Waals surface area contributed by atoms with Gasteiger partial charge in [0.2, 0.25) is 0 Å². The Balaban J connectivity index is 1.49. The Labute approximate surface area is 212 Å². The molecule has 2 rings (SSSR count). The van der Waals surface area contributed by atoms with E-state index < -0.39 is 5.92 Å². The second kappa shape index (κ2) is 18.0. The van der Waals surface area contributed by atoms with Gasteiger partial charge in [0, 0.05) is 19.1 Å². The standard InChI is InChI=1S/C30H45NO4/c1-2-3-4-5-6-7-8-9-10-11-12-13-14-15-23-35-30(34)25-19-21-26(22-20-25)31-24-27-28(32)17-16-18-29(27)33/h19-22,24,27H,2-18,23H2,1H3. The molecule has 35 heavy (non-hydrogen) atoms. The molecule has 0 bridgehead atoms. The Morgan fingerprint density at radius 1 is 0.800 bits per heavy atom. The van der Waals surface area contributed by atoms with E-state index in [-0.39, 0.29) is 17.5 Å². The van der Waals surface area contributed by atoms with Crippen LogP contribution >= 0.6 is 0 Å². The van der Waals surface area contributed by atoms with E-state index in [0.717, 1.165) is 12.8 Å². The Hall–Kier alpha value is -2.30. The summed E-state index contributed by atoms with van der Waals surface area (Å²) in [6.45, 7) is 2.71. The van der Waals surface area contributed by atoms with Gasteiger partial charge in [-0.1, -0.05) is 90.4 Å². The predicted octanol–water partition coefficient (Wildman–Crippen LogP) is 7.97. The highest BCUT2D eigenvalue weighted by molar-refractivity contribution is 6.16. The minimum Gasteiger partial charge on any atom is -0.462 e. The van der Waals surface area contributed by atoms with Gasteiger partial charge < -0.3 is 4.74 Å². The molecule has 0 unspecified atom stereocenters. The molecule has 0 aliphatic heterocycles. The molecule has 1 saturated carbocycles. The van der Waals surface area contributed by atoms with Gasteiger partial charge in [0.25, 0.3) is 0 Å². The number of hydrogen-bond donors (Lipinski definition) is 0. The summed E-state index contributed by atoms with van der Waals surface area (Å²) in [6, 6.07) is 6.75. The van der Waals surface area contributed by atoms with Crippen molar-refractivity contribution in [3.05, 3.63) is 29.8 Å². The zero-order chi connectivity index (χ0) is 25.1. The molecule has 0 radical (unpaired) electrons. The second-order valence-electron chi connectivity index (χ2n) is 9.82. The number of hydrogen-bond acceptors (Lipinski definition) is 5. The highest BCUT2D eigenvalue weighted by atomic mass is 16.5. The summed E-state index contributed by atoms with van der Waals surface area (Å²) in [6.07, 6.45) is 21.1. The first kappa shape index (κ1) is 28.9. The van der Waals surface area contributed by atoms with Crippen molar-refractivity contribution in [2.24, 2.45) is 10.9 Å². The molecule has 0 heterocycles. The molecule has 0 atom stereocenters. The average Bonchev–Trinajstić information content (AvgIpc) is 2.86. The van der Waals surface area contributed by atoms with Crippen molar-refractivity contribution in [3.63, 3.8) is 0 Å². The maximum Gasteiger partial charge on any atom is 0.338 e. The van der Waals surface area contributed by atoms with Crippen molar-refractivity contribution in [2.45, 2.75) is 116 Å². The van der Waals surface area contributed by atoms with Crippen LogP contribution < -0.4 is 0 Å². The Kier molecular flexibility index (Phi) is 14.9. The lowest BCUT2D eigenvalue weighted by molar-refractivity contribution is -0.132. The van der Waals surface area contributed by atoms with Gasteiger partial charge in [-0.25, -0.2) is 4.79 Å². The van der Waals surface area contributed by atoms with Crippen LogP contribution in [0.25, 0.3) is 0 Å². The molecule has 194 valence electrons. The molecule has 5 nitrogen and oxygen atoms in total. The van der Waals surface area contributed by atoms with E-state index >= 15 is 0 Å². The fourth-order valence-corrected chi connectivity index (χ4v) is 4.48. The number of rotatable bonds is 18. The fraction of sp³-hybridized carbons (Fsp3) is 0.667. The molecule has 1 aliphatic rings. The van der Waals surface area contributed by atoms with Crippen LogP contribution in [-0.4, -0.2) is 30.4 Å². The van der Waals surface area contributed by atoms with Crippen molar-refractivity contribution < 1.29 is 19.1 Å². The van der Waals surface area contributed by atoms with Crippen molar-refractivity contribution in [1.82, 2.24) is 0 Å². The monoisotopic (exact) mass is 483 g/mol. The third kappa shape index (κ3) is 12.3. The lowest BCUT2D eigenvalue weighted by atomic mass is 9.87. The average molecular weight is 484 g/mol. The molecule has 0 N–H and O–H groups in total. The number of aliphatic imine (C=N–C) groups is 1. The molecular weight excluding hydrogens is 438 g/mol. The van der Waals surface area contributed by atoms with Crippen LogP contribution in [0.5, 0.6) is 0 Å². The quantitative estimate of drug-likeness (QED) is 0.0918. The molecule has 0 saturated heterocycles. The maximum absolute atomic E-state index is 12.2. The number of Topliss-reactive ketones (excluding diaryl/α,β-unsaturated/α-hetero) is 2. The summed E-state index contributed by atoms with van der Waals surface area (Å²) in [5.41, 5.74) is 1.10. The molecule has 1 aromatic carbocycles. The first-order chi connectivity index (χ1) is 17.1.